The van der Waals surface area contributed by atoms with Crippen LogP contribution in [0.1, 0.15) is 41.5 Å². The van der Waals surface area contributed by atoms with Crippen LogP contribution >= 0.6 is 40.1 Å². The zero-order valence-electron chi connectivity index (χ0n) is 16.7. The molecule has 3 aromatic carbocycles. The van der Waals surface area contributed by atoms with Gasteiger partial charge in [-0.25, -0.2) is 4.79 Å². The molecule has 1 atom stereocenters. The molecular formula is C22H22BrCl3N2O2. The number of quaternary nitrogens is 1. The van der Waals surface area contributed by atoms with E-state index < -0.39 is 11.4 Å². The van der Waals surface area contributed by atoms with E-state index in [1.165, 1.54) is 0 Å². The number of hydrogen-bond donors (Lipinski definition) is 1. The Hall–Kier alpha value is -1.63. The van der Waals surface area contributed by atoms with Gasteiger partial charge in [-0.1, -0.05) is 53.1 Å². The summed E-state index contributed by atoms with van der Waals surface area (Å²) in [6, 6.07) is 20.2. The average molecular weight is 533 g/mol. The Kier molecular flexibility index (Phi) is 9.33. The third kappa shape index (κ3) is 5.34. The molecule has 8 heteroatoms. The molecule has 2 amide bonds. The quantitative estimate of drug-likeness (QED) is 0.406. The maximum absolute atomic E-state index is 13.5. The van der Waals surface area contributed by atoms with Gasteiger partial charge in [0.15, 0.2) is 0 Å². The minimum Gasteiger partial charge on any atom is -1.00 e. The summed E-state index contributed by atoms with van der Waals surface area (Å²) in [6.45, 7) is 5.61. The molecule has 0 saturated carbocycles. The molecule has 0 bridgehead atoms. The fraction of sp³-hybridized carbons (Fsp3) is 0.182. The molecule has 0 heterocycles. The van der Waals surface area contributed by atoms with Gasteiger partial charge in [-0.05, 0) is 65.7 Å². The van der Waals surface area contributed by atoms with Crippen molar-refractivity contribution in [1.82, 2.24) is 4.53 Å². The molecule has 0 aromatic heterocycles. The van der Waals surface area contributed by atoms with Gasteiger partial charge >= 0.3 is 11.8 Å². The second kappa shape index (κ2) is 10.6. The van der Waals surface area contributed by atoms with Gasteiger partial charge in [-0.2, -0.15) is 0 Å². The van der Waals surface area contributed by atoms with Gasteiger partial charge in [0.1, 0.15) is 5.54 Å². The average Bonchev–Trinajstić information content (AvgIpc) is 2.66. The number of rotatable bonds is 2. The van der Waals surface area contributed by atoms with Crippen LogP contribution < -0.4 is 17.4 Å². The van der Waals surface area contributed by atoms with Crippen LogP contribution in [0.5, 0.6) is 0 Å². The number of halogens is 4. The fourth-order valence-corrected chi connectivity index (χ4v) is 3.99. The summed E-state index contributed by atoms with van der Waals surface area (Å²) in [7, 11) is 0. The van der Waals surface area contributed by atoms with E-state index in [9.17, 15) is 9.59 Å². The number of nitrogens with one attached hydrogen (secondary N) is 1. The number of amides is 2. The molecule has 30 heavy (non-hydrogen) atoms. The Labute approximate surface area is 202 Å². The lowest BCUT2D eigenvalue weighted by molar-refractivity contribution is -0.951. The molecule has 0 saturated heterocycles. The first-order valence-corrected chi connectivity index (χ1v) is 9.99. The molecule has 1 unspecified atom stereocenters. The molecule has 3 rings (SSSR count). The van der Waals surface area contributed by atoms with Crippen LogP contribution in [0.15, 0.2) is 71.2 Å². The molecule has 0 aliphatic heterocycles. The van der Waals surface area contributed by atoms with Gasteiger partial charge in [0.25, 0.3) is 0 Å². The largest absolute Gasteiger partial charge is 1.00 e. The zero-order chi connectivity index (χ0) is 20.5. The first-order valence-electron chi connectivity index (χ1n) is 8.86. The molecule has 0 radical (unpaired) electrons. The van der Waals surface area contributed by atoms with Gasteiger partial charge in [0.2, 0.25) is 0 Å². The number of hydrogen-bond acceptors (Lipinski definition) is 2. The van der Waals surface area contributed by atoms with E-state index in [4.69, 9.17) is 11.8 Å². The van der Waals surface area contributed by atoms with Crippen LogP contribution in [0.2, 0.25) is 0 Å². The summed E-state index contributed by atoms with van der Waals surface area (Å²) in [4.78, 5) is 26.6. The van der Waals surface area contributed by atoms with Crippen LogP contribution in [-0.2, 0) is 0 Å². The lowest BCUT2D eigenvalue weighted by atomic mass is 10.0. The lowest BCUT2D eigenvalue weighted by Gasteiger charge is -2.33. The molecule has 3 aromatic rings. The van der Waals surface area contributed by atoms with Crippen molar-refractivity contribution >= 4 is 62.7 Å². The smallest absolute Gasteiger partial charge is 0.370 e. The fourth-order valence-electron chi connectivity index (χ4n) is 3.12. The van der Waals surface area contributed by atoms with Crippen LogP contribution in [0.3, 0.4) is 0 Å². The molecule has 0 fully saturated rings. The number of fused-ring (bicyclic) bond motifs is 1. The zero-order valence-corrected chi connectivity index (χ0v) is 20.6. The molecular weight excluding hydrogens is 511 g/mol. The Bertz CT molecular complexity index is 1050. The summed E-state index contributed by atoms with van der Waals surface area (Å²) in [6.07, 6.45) is 0. The van der Waals surface area contributed by atoms with Crippen LogP contribution in [0, 0.1) is 0 Å². The van der Waals surface area contributed by atoms with Gasteiger partial charge < -0.3 is 12.4 Å². The topological polar surface area (TPSA) is 41.8 Å². The molecule has 0 aliphatic rings. The van der Waals surface area contributed by atoms with Gasteiger partial charge in [-0.15, -0.1) is 17.4 Å². The number of benzene rings is 3. The van der Waals surface area contributed by atoms with E-state index in [2.05, 4.69) is 15.9 Å². The predicted molar refractivity (Wildman–Crippen MR) is 122 cm³/mol. The highest BCUT2D eigenvalue weighted by molar-refractivity contribution is 9.10. The van der Waals surface area contributed by atoms with Gasteiger partial charge in [0.05, 0.1) is 22.9 Å². The van der Waals surface area contributed by atoms with Crippen LogP contribution in [-0.4, -0.2) is 21.9 Å². The van der Waals surface area contributed by atoms with Crippen LogP contribution in [0.4, 0.5) is 0 Å². The number of carbonyl (C=O) groups is 2. The van der Waals surface area contributed by atoms with Crippen molar-refractivity contribution in [3.8, 4) is 0 Å². The van der Waals surface area contributed by atoms with Gasteiger partial charge in [-0.3, -0.25) is 4.79 Å². The monoisotopic (exact) mass is 530 g/mol. The van der Waals surface area contributed by atoms with Crippen molar-refractivity contribution in [2.45, 2.75) is 26.3 Å². The maximum Gasteiger partial charge on any atom is 0.370 e. The van der Waals surface area contributed by atoms with E-state index in [0.29, 0.717) is 15.6 Å². The van der Waals surface area contributed by atoms with Crippen molar-refractivity contribution in [2.75, 3.05) is 0 Å². The van der Waals surface area contributed by atoms with E-state index in [-0.39, 0.29) is 35.7 Å². The molecule has 0 spiro atoms. The second-order valence-corrected chi connectivity index (χ2v) is 8.71. The standard InChI is InChI=1S/C22H20BrClN2O2.2ClH/c1-22(2,3)25(26(24)21(28)18-12-6-7-14-19(18)23)20(27)17-13-8-10-15-9-4-5-11-16(15)17;;/h4-14H,1-3H3;2*1H. The third-order valence-electron chi connectivity index (χ3n) is 4.44. The normalized spacial score (nSPS) is 11.8. The van der Waals surface area contributed by atoms with Crippen LogP contribution in [0.25, 0.3) is 10.8 Å². The summed E-state index contributed by atoms with van der Waals surface area (Å²) < 4.78 is 1.58. The minimum atomic E-state index is -0.646. The van der Waals surface area contributed by atoms with Crippen molar-refractivity contribution in [3.05, 3.63) is 82.3 Å². The van der Waals surface area contributed by atoms with E-state index in [1.807, 2.05) is 63.2 Å². The Balaban J connectivity index is 0.00000225. The summed E-state index contributed by atoms with van der Waals surface area (Å²) in [5.74, 6) is -0.715. The Morgan fingerprint density at radius 1 is 0.900 bits per heavy atom. The van der Waals surface area contributed by atoms with Crippen molar-refractivity contribution < 1.29 is 27.0 Å². The van der Waals surface area contributed by atoms with Crippen molar-refractivity contribution in [1.29, 1.82) is 0 Å². The molecule has 1 N–H and O–H groups in total. The maximum atomic E-state index is 13.5. The summed E-state index contributed by atoms with van der Waals surface area (Å²) >= 11 is 9.87. The number of carbonyl (C=O) groups excluding carboxylic acids is 2. The SMILES string of the molecule is CC(C)(C)[NH+](C(=O)c1cccc2ccccc12)N(Cl)C(=O)c1ccccc1Br.Cl.[Cl-]. The lowest BCUT2D eigenvalue weighted by Crippen LogP contribution is -3.25. The number of nitrogens with zero attached hydrogens (tertiary/aromatic N) is 1. The van der Waals surface area contributed by atoms with E-state index in [0.717, 1.165) is 15.3 Å². The highest BCUT2D eigenvalue weighted by Crippen LogP contribution is 2.20. The minimum absolute atomic E-state index is 0. The Morgan fingerprint density at radius 2 is 1.43 bits per heavy atom. The molecule has 160 valence electrons. The molecule has 4 nitrogen and oxygen atoms in total. The molecule has 0 aliphatic carbocycles. The first kappa shape index (κ1) is 26.4. The summed E-state index contributed by atoms with van der Waals surface area (Å²) in [5.41, 5.74) is 0.269. The van der Waals surface area contributed by atoms with E-state index in [1.54, 1.807) is 24.3 Å². The van der Waals surface area contributed by atoms with E-state index >= 15 is 0 Å². The van der Waals surface area contributed by atoms with Gasteiger partial charge in [0, 0.05) is 4.47 Å². The van der Waals surface area contributed by atoms with Crippen molar-refractivity contribution in [3.63, 3.8) is 0 Å². The summed E-state index contributed by atoms with van der Waals surface area (Å²) in [5, 5.41) is 2.02. The highest BCUT2D eigenvalue weighted by Gasteiger charge is 2.42. The predicted octanol–water partition coefficient (Wildman–Crippen LogP) is 2.06. The first-order chi connectivity index (χ1) is 13.2. The highest BCUT2D eigenvalue weighted by atomic mass is 79.9. The van der Waals surface area contributed by atoms with Crippen molar-refractivity contribution in [2.24, 2.45) is 0 Å². The second-order valence-electron chi connectivity index (χ2n) is 7.52. The Morgan fingerprint density at radius 3 is 2.07 bits per heavy atom. The third-order valence-corrected chi connectivity index (χ3v) is 5.45.